The molecular formula is C24H18F2N2O5S. The van der Waals surface area contributed by atoms with E-state index in [-0.39, 0.29) is 22.0 Å². The van der Waals surface area contributed by atoms with E-state index in [0.29, 0.717) is 29.8 Å². The van der Waals surface area contributed by atoms with E-state index < -0.39 is 35.2 Å². The van der Waals surface area contributed by atoms with Crippen molar-refractivity contribution in [3.05, 3.63) is 76.9 Å². The van der Waals surface area contributed by atoms with Gasteiger partial charge >= 0.3 is 0 Å². The summed E-state index contributed by atoms with van der Waals surface area (Å²) >= 11 is 0.661. The van der Waals surface area contributed by atoms with Gasteiger partial charge in [0, 0.05) is 17.8 Å². The molecule has 1 aliphatic heterocycles. The molecule has 0 bridgehead atoms. The van der Waals surface area contributed by atoms with Gasteiger partial charge < -0.3 is 14.5 Å². The molecular weight excluding hydrogens is 466 g/mol. The summed E-state index contributed by atoms with van der Waals surface area (Å²) in [4.78, 5) is 38.2. The highest BCUT2D eigenvalue weighted by Gasteiger charge is 2.36. The van der Waals surface area contributed by atoms with Crippen LogP contribution in [0.1, 0.15) is 12.7 Å². The van der Waals surface area contributed by atoms with Crippen LogP contribution in [0.15, 0.2) is 63.9 Å². The zero-order valence-corrected chi connectivity index (χ0v) is 18.7. The van der Waals surface area contributed by atoms with Gasteiger partial charge in [0.25, 0.3) is 11.1 Å². The maximum atomic E-state index is 14.0. The van der Waals surface area contributed by atoms with Crippen molar-refractivity contribution in [3.63, 3.8) is 0 Å². The lowest BCUT2D eigenvalue weighted by molar-refractivity contribution is -0.127. The summed E-state index contributed by atoms with van der Waals surface area (Å²) in [5.41, 5.74) is 0.548. The summed E-state index contributed by atoms with van der Waals surface area (Å²) < 4.78 is 38.0. The summed E-state index contributed by atoms with van der Waals surface area (Å²) in [7, 11) is 0. The molecule has 3 amide bonds. The monoisotopic (exact) mass is 484 g/mol. The third kappa shape index (κ3) is 5.18. The molecule has 3 aromatic rings. The van der Waals surface area contributed by atoms with Crippen molar-refractivity contribution in [2.45, 2.75) is 6.92 Å². The molecule has 4 rings (SSSR count). The quantitative estimate of drug-likeness (QED) is 0.458. The highest BCUT2D eigenvalue weighted by atomic mass is 32.2. The Hall–Kier alpha value is -3.92. The molecule has 2 aromatic carbocycles. The number of ether oxygens (including phenoxy) is 1. The average Bonchev–Trinajstić information content (AvgIpc) is 3.35. The van der Waals surface area contributed by atoms with E-state index in [1.165, 1.54) is 24.3 Å². The zero-order chi connectivity index (χ0) is 24.2. The van der Waals surface area contributed by atoms with Crippen molar-refractivity contribution in [1.29, 1.82) is 0 Å². The molecule has 0 saturated carbocycles. The molecule has 174 valence electrons. The van der Waals surface area contributed by atoms with Crippen molar-refractivity contribution < 1.29 is 32.3 Å². The minimum atomic E-state index is -0.792. The lowest BCUT2D eigenvalue weighted by atomic mass is 10.1. The molecule has 2 heterocycles. The van der Waals surface area contributed by atoms with Crippen molar-refractivity contribution in [2.24, 2.45) is 0 Å². The summed E-state index contributed by atoms with van der Waals surface area (Å²) in [6.07, 6.45) is 1.33. The van der Waals surface area contributed by atoms with Crippen LogP contribution >= 0.6 is 11.8 Å². The van der Waals surface area contributed by atoms with E-state index in [1.54, 1.807) is 24.3 Å². The number of furan rings is 1. The summed E-state index contributed by atoms with van der Waals surface area (Å²) in [6.45, 7) is 1.91. The molecule has 0 radical (unpaired) electrons. The van der Waals surface area contributed by atoms with Crippen LogP contribution in [0.2, 0.25) is 0 Å². The number of carbonyl (C=O) groups is 3. The van der Waals surface area contributed by atoms with Gasteiger partial charge in [0.1, 0.15) is 35.4 Å². The van der Waals surface area contributed by atoms with Gasteiger partial charge in [0.2, 0.25) is 5.91 Å². The molecule has 0 spiro atoms. The summed E-state index contributed by atoms with van der Waals surface area (Å²) in [6, 6.07) is 12.7. The molecule has 1 aromatic heterocycles. The molecule has 0 atom stereocenters. The number of anilines is 1. The molecule has 1 aliphatic rings. The smallest absolute Gasteiger partial charge is 0.294 e. The maximum Gasteiger partial charge on any atom is 0.294 e. The molecule has 1 N–H and O–H groups in total. The average molecular weight is 484 g/mol. The van der Waals surface area contributed by atoms with Gasteiger partial charge in [0.15, 0.2) is 0 Å². The molecule has 7 nitrogen and oxygen atoms in total. The number of nitrogens with zero attached hydrogens (tertiary/aromatic N) is 1. The summed E-state index contributed by atoms with van der Waals surface area (Å²) in [5.74, 6) is -1.71. The Labute approximate surface area is 197 Å². The molecule has 1 fully saturated rings. The minimum absolute atomic E-state index is 0.0549. The van der Waals surface area contributed by atoms with E-state index >= 15 is 0 Å². The van der Waals surface area contributed by atoms with Gasteiger partial charge in [-0.2, -0.15) is 0 Å². The fourth-order valence-electron chi connectivity index (χ4n) is 3.18. The first-order valence-electron chi connectivity index (χ1n) is 10.2. The molecule has 34 heavy (non-hydrogen) atoms. The first kappa shape index (κ1) is 23.2. The first-order valence-corrected chi connectivity index (χ1v) is 11.0. The van der Waals surface area contributed by atoms with Crippen LogP contribution in [-0.2, 0) is 9.59 Å². The Kier molecular flexibility index (Phi) is 6.78. The standard InChI is InChI=1S/C24H18F2N2O5S/c1-2-32-16-6-4-15(5-7-16)27-22(29)13-28-23(30)21(34-24(28)31)12-17-8-10-20(33-17)18-9-3-14(25)11-19(18)26/h3-12H,2,13H2,1H3,(H,27,29)/b21-12+. The van der Waals surface area contributed by atoms with Crippen LogP contribution in [0, 0.1) is 11.6 Å². The number of halogens is 2. The van der Waals surface area contributed by atoms with E-state index in [0.717, 1.165) is 17.0 Å². The van der Waals surface area contributed by atoms with Crippen molar-refractivity contribution >= 4 is 40.6 Å². The van der Waals surface area contributed by atoms with Gasteiger partial charge in [0.05, 0.1) is 17.1 Å². The van der Waals surface area contributed by atoms with E-state index in [9.17, 15) is 23.2 Å². The third-order valence-corrected chi connectivity index (χ3v) is 5.63. The fourth-order valence-corrected chi connectivity index (χ4v) is 3.99. The van der Waals surface area contributed by atoms with Crippen LogP contribution in [0.3, 0.4) is 0 Å². The van der Waals surface area contributed by atoms with Gasteiger partial charge in [-0.05, 0) is 67.2 Å². The van der Waals surface area contributed by atoms with Crippen LogP contribution in [0.25, 0.3) is 17.4 Å². The number of benzene rings is 2. The number of amides is 3. The minimum Gasteiger partial charge on any atom is -0.494 e. The highest BCUT2D eigenvalue weighted by molar-refractivity contribution is 8.18. The SMILES string of the molecule is CCOc1ccc(NC(=O)CN2C(=O)S/C(=C/c3ccc(-c4ccc(F)cc4F)o3)C2=O)cc1. The van der Waals surface area contributed by atoms with Crippen molar-refractivity contribution in [3.8, 4) is 17.1 Å². The lowest BCUT2D eigenvalue weighted by Crippen LogP contribution is -2.36. The van der Waals surface area contributed by atoms with Gasteiger partial charge in [-0.15, -0.1) is 0 Å². The lowest BCUT2D eigenvalue weighted by Gasteiger charge is -2.12. The Morgan fingerprint density at radius 1 is 1.12 bits per heavy atom. The topological polar surface area (TPSA) is 88.8 Å². The fraction of sp³-hybridized carbons (Fsp3) is 0.125. The van der Waals surface area contributed by atoms with Gasteiger partial charge in [-0.1, -0.05) is 0 Å². The highest BCUT2D eigenvalue weighted by Crippen LogP contribution is 2.33. The second-order valence-corrected chi connectivity index (χ2v) is 8.09. The number of carbonyl (C=O) groups excluding carboxylic acids is 3. The zero-order valence-electron chi connectivity index (χ0n) is 17.8. The van der Waals surface area contributed by atoms with E-state index in [1.807, 2.05) is 6.92 Å². The predicted octanol–water partition coefficient (Wildman–Crippen LogP) is 5.30. The molecule has 10 heteroatoms. The predicted molar refractivity (Wildman–Crippen MR) is 123 cm³/mol. The van der Waals surface area contributed by atoms with Gasteiger partial charge in [-0.3, -0.25) is 19.3 Å². The molecule has 0 unspecified atom stereocenters. The maximum absolute atomic E-state index is 14.0. The number of imide groups is 1. The van der Waals surface area contributed by atoms with Crippen LogP contribution in [0.5, 0.6) is 5.75 Å². The van der Waals surface area contributed by atoms with Crippen LogP contribution in [-0.4, -0.2) is 35.1 Å². The van der Waals surface area contributed by atoms with E-state index in [2.05, 4.69) is 5.32 Å². The number of hydrogen-bond acceptors (Lipinski definition) is 6. The molecule has 1 saturated heterocycles. The van der Waals surface area contributed by atoms with Gasteiger partial charge in [-0.25, -0.2) is 8.78 Å². The number of nitrogens with one attached hydrogen (secondary N) is 1. The Morgan fingerprint density at radius 2 is 1.88 bits per heavy atom. The largest absolute Gasteiger partial charge is 0.494 e. The van der Waals surface area contributed by atoms with Crippen LogP contribution in [0.4, 0.5) is 19.3 Å². The Bertz CT molecular complexity index is 1290. The Balaban J connectivity index is 1.42. The number of hydrogen-bond donors (Lipinski definition) is 1. The van der Waals surface area contributed by atoms with Crippen molar-refractivity contribution in [1.82, 2.24) is 4.90 Å². The Morgan fingerprint density at radius 3 is 2.59 bits per heavy atom. The second kappa shape index (κ2) is 9.92. The van der Waals surface area contributed by atoms with Crippen LogP contribution < -0.4 is 10.1 Å². The number of rotatable bonds is 7. The summed E-state index contributed by atoms with van der Waals surface area (Å²) in [5, 5.41) is 2.02. The third-order valence-electron chi connectivity index (χ3n) is 4.72. The first-order chi connectivity index (χ1) is 16.3. The number of thioether (sulfide) groups is 1. The second-order valence-electron chi connectivity index (χ2n) is 7.10. The van der Waals surface area contributed by atoms with E-state index in [4.69, 9.17) is 9.15 Å². The normalized spacial score (nSPS) is 14.7. The molecule has 0 aliphatic carbocycles. The van der Waals surface area contributed by atoms with Crippen molar-refractivity contribution in [2.75, 3.05) is 18.5 Å².